The van der Waals surface area contributed by atoms with E-state index < -0.39 is 0 Å². The van der Waals surface area contributed by atoms with Crippen molar-refractivity contribution in [2.45, 2.75) is 6.92 Å². The predicted molar refractivity (Wildman–Crippen MR) is 94.0 cm³/mol. The fourth-order valence-corrected chi connectivity index (χ4v) is 2.60. The zero-order valence-corrected chi connectivity index (χ0v) is 13.4. The summed E-state index contributed by atoms with van der Waals surface area (Å²) in [5, 5.41) is 10.3. The third-order valence-corrected chi connectivity index (χ3v) is 3.71. The molecule has 0 bridgehead atoms. The number of aromatic nitrogens is 5. The summed E-state index contributed by atoms with van der Waals surface area (Å²) in [7, 11) is 0. The number of hydrogen-bond donors (Lipinski definition) is 2. The maximum atomic E-state index is 12.7. The number of amides is 1. The lowest BCUT2D eigenvalue weighted by Crippen LogP contribution is -2.14. The standard InChI is InChI=1S/C18H14N6O/c1-11-10-13(12-6-2-3-7-14(12)20-11)17(25)22-18-21-16(23-24-18)15-8-4-5-9-19-15/h2-10H,1H3,(H2,21,22,23,24,25). The number of nitrogens with zero attached hydrogens (tertiary/aromatic N) is 4. The zero-order chi connectivity index (χ0) is 17.2. The van der Waals surface area contributed by atoms with E-state index in [9.17, 15) is 4.79 Å². The first kappa shape index (κ1) is 14.9. The molecule has 3 aromatic heterocycles. The molecule has 0 atom stereocenters. The molecule has 25 heavy (non-hydrogen) atoms. The van der Waals surface area contributed by atoms with Crippen LogP contribution in [0.15, 0.2) is 54.7 Å². The number of hydrogen-bond acceptors (Lipinski definition) is 5. The molecule has 0 saturated carbocycles. The Labute approximate surface area is 143 Å². The zero-order valence-electron chi connectivity index (χ0n) is 13.4. The van der Waals surface area contributed by atoms with Crippen LogP contribution < -0.4 is 5.32 Å². The molecule has 0 spiro atoms. The minimum atomic E-state index is -0.284. The second kappa shape index (κ2) is 6.12. The van der Waals surface area contributed by atoms with Gasteiger partial charge in [-0.05, 0) is 31.2 Å². The highest BCUT2D eigenvalue weighted by atomic mass is 16.1. The molecule has 0 aliphatic carbocycles. The molecular formula is C18H14N6O. The first-order valence-electron chi connectivity index (χ1n) is 7.72. The fraction of sp³-hybridized carbons (Fsp3) is 0.0556. The van der Waals surface area contributed by atoms with Crippen LogP contribution in [0.3, 0.4) is 0 Å². The van der Waals surface area contributed by atoms with Gasteiger partial charge < -0.3 is 0 Å². The molecule has 3 heterocycles. The quantitative estimate of drug-likeness (QED) is 0.602. The van der Waals surface area contributed by atoms with Crippen LogP contribution in [-0.4, -0.2) is 31.1 Å². The second-order valence-corrected chi connectivity index (χ2v) is 5.51. The van der Waals surface area contributed by atoms with Crippen molar-refractivity contribution in [2.24, 2.45) is 0 Å². The average molecular weight is 330 g/mol. The van der Waals surface area contributed by atoms with Gasteiger partial charge in [0.2, 0.25) is 5.95 Å². The van der Waals surface area contributed by atoms with Crippen molar-refractivity contribution in [3.05, 3.63) is 66.0 Å². The Balaban J connectivity index is 1.64. The van der Waals surface area contributed by atoms with Crippen molar-refractivity contribution in [3.8, 4) is 11.5 Å². The minimum Gasteiger partial charge on any atom is -0.289 e. The molecule has 0 aliphatic heterocycles. The first-order chi connectivity index (χ1) is 12.2. The van der Waals surface area contributed by atoms with E-state index in [1.165, 1.54) is 0 Å². The summed E-state index contributed by atoms with van der Waals surface area (Å²) in [5.74, 6) is 0.407. The van der Waals surface area contributed by atoms with Crippen molar-refractivity contribution in [1.29, 1.82) is 0 Å². The summed E-state index contributed by atoms with van der Waals surface area (Å²) in [6, 6.07) is 14.8. The Morgan fingerprint density at radius 1 is 1.08 bits per heavy atom. The third kappa shape index (κ3) is 2.94. The molecule has 7 heteroatoms. The average Bonchev–Trinajstić information content (AvgIpc) is 3.10. The van der Waals surface area contributed by atoms with Crippen LogP contribution in [0.2, 0.25) is 0 Å². The Morgan fingerprint density at radius 2 is 1.92 bits per heavy atom. The summed E-state index contributed by atoms with van der Waals surface area (Å²) in [4.78, 5) is 25.6. The van der Waals surface area contributed by atoms with Crippen LogP contribution in [0.5, 0.6) is 0 Å². The van der Waals surface area contributed by atoms with Gasteiger partial charge >= 0.3 is 0 Å². The number of aryl methyl sites for hydroxylation is 1. The summed E-state index contributed by atoms with van der Waals surface area (Å²) >= 11 is 0. The molecule has 1 aromatic carbocycles. The summed E-state index contributed by atoms with van der Waals surface area (Å²) in [5.41, 5.74) is 2.73. The van der Waals surface area contributed by atoms with Gasteiger partial charge in [0, 0.05) is 17.3 Å². The van der Waals surface area contributed by atoms with Crippen molar-refractivity contribution < 1.29 is 4.79 Å². The summed E-state index contributed by atoms with van der Waals surface area (Å²) in [6.45, 7) is 1.86. The molecule has 4 aromatic rings. The number of benzene rings is 1. The number of H-pyrrole nitrogens is 1. The van der Waals surface area contributed by atoms with Crippen molar-refractivity contribution in [2.75, 3.05) is 5.32 Å². The van der Waals surface area contributed by atoms with Gasteiger partial charge in [-0.25, -0.2) is 0 Å². The van der Waals surface area contributed by atoms with Gasteiger partial charge in [-0.2, -0.15) is 4.98 Å². The predicted octanol–water partition coefficient (Wildman–Crippen LogP) is 2.98. The maximum absolute atomic E-state index is 12.7. The van der Waals surface area contributed by atoms with Crippen molar-refractivity contribution in [1.82, 2.24) is 25.1 Å². The van der Waals surface area contributed by atoms with E-state index in [4.69, 9.17) is 0 Å². The van der Waals surface area contributed by atoms with Crippen LogP contribution in [0.1, 0.15) is 16.1 Å². The van der Waals surface area contributed by atoms with E-state index in [1.54, 1.807) is 12.3 Å². The van der Waals surface area contributed by atoms with E-state index in [1.807, 2.05) is 49.4 Å². The molecule has 0 saturated heterocycles. The molecule has 2 N–H and O–H groups in total. The van der Waals surface area contributed by atoms with Crippen LogP contribution in [0.25, 0.3) is 22.4 Å². The highest BCUT2D eigenvalue weighted by molar-refractivity contribution is 6.11. The minimum absolute atomic E-state index is 0.198. The van der Waals surface area contributed by atoms with Crippen LogP contribution in [0.4, 0.5) is 5.95 Å². The second-order valence-electron chi connectivity index (χ2n) is 5.51. The lowest BCUT2D eigenvalue weighted by molar-refractivity contribution is 0.102. The third-order valence-electron chi connectivity index (χ3n) is 3.71. The lowest BCUT2D eigenvalue weighted by Gasteiger charge is -2.06. The molecular weight excluding hydrogens is 316 g/mol. The highest BCUT2D eigenvalue weighted by Gasteiger charge is 2.15. The highest BCUT2D eigenvalue weighted by Crippen LogP contribution is 2.19. The number of anilines is 1. The maximum Gasteiger partial charge on any atom is 0.258 e. The largest absolute Gasteiger partial charge is 0.289 e. The monoisotopic (exact) mass is 330 g/mol. The Kier molecular flexibility index (Phi) is 3.66. The van der Waals surface area contributed by atoms with E-state index in [0.29, 0.717) is 17.1 Å². The van der Waals surface area contributed by atoms with E-state index in [2.05, 4.69) is 30.5 Å². The molecule has 0 fully saturated rings. The number of nitrogens with one attached hydrogen (secondary N) is 2. The number of aromatic amines is 1. The number of carbonyl (C=O) groups is 1. The molecule has 122 valence electrons. The molecule has 0 radical (unpaired) electrons. The van der Waals surface area contributed by atoms with Gasteiger partial charge in [0.15, 0.2) is 5.82 Å². The van der Waals surface area contributed by atoms with E-state index in [0.717, 1.165) is 16.6 Å². The molecule has 0 unspecified atom stereocenters. The van der Waals surface area contributed by atoms with Crippen molar-refractivity contribution in [3.63, 3.8) is 0 Å². The smallest absolute Gasteiger partial charge is 0.258 e. The Morgan fingerprint density at radius 3 is 2.76 bits per heavy atom. The number of fused-ring (bicyclic) bond motifs is 1. The molecule has 4 rings (SSSR count). The Hall–Kier alpha value is -3.61. The van der Waals surface area contributed by atoms with Crippen LogP contribution in [-0.2, 0) is 0 Å². The van der Waals surface area contributed by atoms with Gasteiger partial charge in [-0.15, -0.1) is 5.10 Å². The lowest BCUT2D eigenvalue weighted by atomic mass is 10.1. The SMILES string of the molecule is Cc1cc(C(=O)Nc2n[nH]c(-c3ccccn3)n2)c2ccccc2n1. The summed E-state index contributed by atoms with van der Waals surface area (Å²) in [6.07, 6.45) is 1.67. The van der Waals surface area contributed by atoms with Crippen LogP contribution >= 0.6 is 0 Å². The number of para-hydroxylation sites is 1. The Bertz CT molecular complexity index is 1060. The van der Waals surface area contributed by atoms with Crippen molar-refractivity contribution >= 4 is 22.8 Å². The van der Waals surface area contributed by atoms with Gasteiger partial charge in [-0.3, -0.25) is 25.2 Å². The number of rotatable bonds is 3. The molecule has 0 aliphatic rings. The normalized spacial score (nSPS) is 10.8. The number of pyridine rings is 2. The molecule has 1 amide bonds. The molecule has 7 nitrogen and oxygen atoms in total. The number of carbonyl (C=O) groups excluding carboxylic acids is 1. The fourth-order valence-electron chi connectivity index (χ4n) is 2.60. The summed E-state index contributed by atoms with van der Waals surface area (Å²) < 4.78 is 0. The van der Waals surface area contributed by atoms with E-state index >= 15 is 0 Å². The van der Waals surface area contributed by atoms with Gasteiger partial charge in [0.1, 0.15) is 5.69 Å². The van der Waals surface area contributed by atoms with Gasteiger partial charge in [-0.1, -0.05) is 24.3 Å². The van der Waals surface area contributed by atoms with Gasteiger partial charge in [0.25, 0.3) is 5.91 Å². The first-order valence-corrected chi connectivity index (χ1v) is 7.72. The van der Waals surface area contributed by atoms with Gasteiger partial charge in [0.05, 0.1) is 11.1 Å². The topological polar surface area (TPSA) is 96.5 Å². The van der Waals surface area contributed by atoms with Crippen LogP contribution in [0, 0.1) is 6.92 Å². The van der Waals surface area contributed by atoms with E-state index in [-0.39, 0.29) is 11.9 Å².